The van der Waals surface area contributed by atoms with Crippen LogP contribution in [0.4, 0.5) is 5.69 Å². The van der Waals surface area contributed by atoms with E-state index in [9.17, 15) is 4.79 Å². The quantitative estimate of drug-likeness (QED) is 0.832. The molecule has 2 rings (SSSR count). The molecule has 0 aliphatic heterocycles. The van der Waals surface area contributed by atoms with Crippen molar-refractivity contribution in [3.63, 3.8) is 0 Å². The molecule has 1 amide bonds. The van der Waals surface area contributed by atoms with Crippen molar-refractivity contribution >= 4 is 11.6 Å². The van der Waals surface area contributed by atoms with Crippen molar-refractivity contribution in [3.8, 4) is 0 Å². The molecule has 0 saturated heterocycles. The second kappa shape index (κ2) is 4.18. The molecule has 0 spiro atoms. The number of rotatable bonds is 2. The van der Waals surface area contributed by atoms with Crippen LogP contribution in [0, 0.1) is 6.92 Å². The number of aryl methyl sites for hydroxylation is 2. The molecule has 0 fully saturated rings. The fourth-order valence-corrected chi connectivity index (χ4v) is 1.41. The van der Waals surface area contributed by atoms with Crippen molar-refractivity contribution in [3.05, 3.63) is 48.0 Å². The van der Waals surface area contributed by atoms with Gasteiger partial charge >= 0.3 is 0 Å². The van der Waals surface area contributed by atoms with E-state index < -0.39 is 0 Å². The third-order valence-electron chi connectivity index (χ3n) is 2.33. The number of carbonyl (C=O) groups excluding carboxylic acids is 1. The van der Waals surface area contributed by atoms with Crippen LogP contribution in [0.2, 0.25) is 0 Å². The Hall–Kier alpha value is -2.10. The fraction of sp³-hybridized carbons (Fsp3) is 0.167. The summed E-state index contributed by atoms with van der Waals surface area (Å²) < 4.78 is 1.68. The molecule has 0 aliphatic rings. The second-order valence-electron chi connectivity index (χ2n) is 3.68. The number of anilines is 1. The number of hydrogen-bond donors (Lipinski definition) is 1. The van der Waals surface area contributed by atoms with Crippen LogP contribution >= 0.6 is 0 Å². The molecule has 0 aliphatic carbocycles. The lowest BCUT2D eigenvalue weighted by molar-refractivity contribution is 0.101. The van der Waals surface area contributed by atoms with Crippen LogP contribution < -0.4 is 5.32 Å². The van der Waals surface area contributed by atoms with Crippen LogP contribution in [0.15, 0.2) is 36.7 Å². The molecule has 0 unspecified atom stereocenters. The maximum Gasteiger partial charge on any atom is 0.291 e. The van der Waals surface area contributed by atoms with Crippen LogP contribution in [0.3, 0.4) is 0 Å². The Morgan fingerprint density at radius 2 is 2.00 bits per heavy atom. The summed E-state index contributed by atoms with van der Waals surface area (Å²) in [6.07, 6.45) is 3.34. The Balaban J connectivity index is 2.14. The van der Waals surface area contributed by atoms with Gasteiger partial charge in [-0.1, -0.05) is 17.7 Å². The van der Waals surface area contributed by atoms with Gasteiger partial charge in [0.2, 0.25) is 0 Å². The summed E-state index contributed by atoms with van der Waals surface area (Å²) in [6, 6.07) is 7.65. The Kier molecular flexibility index (Phi) is 2.72. The topological polar surface area (TPSA) is 46.9 Å². The van der Waals surface area contributed by atoms with Gasteiger partial charge in [0.25, 0.3) is 5.91 Å². The van der Waals surface area contributed by atoms with Gasteiger partial charge in [-0.2, -0.15) is 0 Å². The van der Waals surface area contributed by atoms with Crippen LogP contribution in [0.1, 0.15) is 16.2 Å². The van der Waals surface area contributed by atoms with E-state index in [0.717, 1.165) is 11.3 Å². The molecule has 2 aromatic rings. The van der Waals surface area contributed by atoms with Gasteiger partial charge in [-0.15, -0.1) is 0 Å². The molecule has 1 aromatic heterocycles. The van der Waals surface area contributed by atoms with Gasteiger partial charge in [-0.25, -0.2) is 4.98 Å². The zero-order valence-corrected chi connectivity index (χ0v) is 9.27. The lowest BCUT2D eigenvalue weighted by atomic mass is 10.2. The maximum absolute atomic E-state index is 11.8. The average molecular weight is 215 g/mol. The largest absolute Gasteiger partial charge is 0.330 e. The van der Waals surface area contributed by atoms with Gasteiger partial charge < -0.3 is 9.88 Å². The summed E-state index contributed by atoms with van der Waals surface area (Å²) in [7, 11) is 1.79. The van der Waals surface area contributed by atoms with Crippen molar-refractivity contribution in [2.75, 3.05) is 5.32 Å². The smallest absolute Gasteiger partial charge is 0.291 e. The first-order chi connectivity index (χ1) is 7.66. The molecule has 0 radical (unpaired) electrons. The van der Waals surface area contributed by atoms with Gasteiger partial charge in [-0.05, 0) is 19.1 Å². The van der Waals surface area contributed by atoms with E-state index in [1.165, 1.54) is 0 Å². The minimum Gasteiger partial charge on any atom is -0.330 e. The molecule has 16 heavy (non-hydrogen) atoms. The highest BCUT2D eigenvalue weighted by atomic mass is 16.2. The first-order valence-corrected chi connectivity index (χ1v) is 5.02. The van der Waals surface area contributed by atoms with Crippen LogP contribution in [0.25, 0.3) is 0 Å². The first-order valence-electron chi connectivity index (χ1n) is 5.02. The van der Waals surface area contributed by atoms with E-state index in [1.54, 1.807) is 24.0 Å². The van der Waals surface area contributed by atoms with Gasteiger partial charge in [0, 0.05) is 25.1 Å². The lowest BCUT2D eigenvalue weighted by Gasteiger charge is -2.05. The molecule has 1 N–H and O–H groups in total. The summed E-state index contributed by atoms with van der Waals surface area (Å²) in [5, 5.41) is 2.79. The SMILES string of the molecule is Cc1ccc(NC(=O)c2nccn2C)cc1. The predicted molar refractivity (Wildman–Crippen MR) is 62.3 cm³/mol. The molecule has 0 saturated carbocycles. The number of carbonyl (C=O) groups is 1. The number of amides is 1. The summed E-state index contributed by atoms with van der Waals surface area (Å²) in [4.78, 5) is 15.8. The highest BCUT2D eigenvalue weighted by Gasteiger charge is 2.10. The third-order valence-corrected chi connectivity index (χ3v) is 2.33. The standard InChI is InChI=1S/C12H13N3O/c1-9-3-5-10(6-4-9)14-12(16)11-13-7-8-15(11)2/h3-8H,1-2H3,(H,14,16). The van der Waals surface area contributed by atoms with Crippen molar-refractivity contribution in [1.82, 2.24) is 9.55 Å². The zero-order chi connectivity index (χ0) is 11.5. The van der Waals surface area contributed by atoms with Crippen LogP contribution in [-0.4, -0.2) is 15.5 Å². The van der Waals surface area contributed by atoms with E-state index in [1.807, 2.05) is 31.2 Å². The summed E-state index contributed by atoms with van der Waals surface area (Å²) in [5.41, 5.74) is 1.94. The molecule has 82 valence electrons. The maximum atomic E-state index is 11.8. The fourth-order valence-electron chi connectivity index (χ4n) is 1.41. The van der Waals surface area contributed by atoms with E-state index in [0.29, 0.717) is 5.82 Å². The highest BCUT2D eigenvalue weighted by Crippen LogP contribution is 2.09. The minimum atomic E-state index is -0.198. The van der Waals surface area contributed by atoms with Crippen molar-refractivity contribution in [1.29, 1.82) is 0 Å². The van der Waals surface area contributed by atoms with Crippen LogP contribution in [-0.2, 0) is 7.05 Å². The molecule has 1 aromatic carbocycles. The number of imidazole rings is 1. The van der Waals surface area contributed by atoms with Crippen molar-refractivity contribution in [2.24, 2.45) is 7.05 Å². The van der Waals surface area contributed by atoms with E-state index >= 15 is 0 Å². The number of nitrogens with one attached hydrogen (secondary N) is 1. The molecule has 4 nitrogen and oxygen atoms in total. The number of hydrogen-bond acceptors (Lipinski definition) is 2. The van der Waals surface area contributed by atoms with Gasteiger partial charge in [0.15, 0.2) is 5.82 Å². The Labute approximate surface area is 93.9 Å². The molecular formula is C12H13N3O. The highest BCUT2D eigenvalue weighted by molar-refractivity contribution is 6.01. The lowest BCUT2D eigenvalue weighted by Crippen LogP contribution is -2.16. The molecule has 0 bridgehead atoms. The minimum absolute atomic E-state index is 0.198. The molecule has 1 heterocycles. The van der Waals surface area contributed by atoms with Gasteiger partial charge in [-0.3, -0.25) is 4.79 Å². The van der Waals surface area contributed by atoms with Crippen LogP contribution in [0.5, 0.6) is 0 Å². The Morgan fingerprint density at radius 3 is 2.56 bits per heavy atom. The normalized spacial score (nSPS) is 10.1. The van der Waals surface area contributed by atoms with Crippen molar-refractivity contribution in [2.45, 2.75) is 6.92 Å². The van der Waals surface area contributed by atoms with Gasteiger partial charge in [0.1, 0.15) is 0 Å². The monoisotopic (exact) mass is 215 g/mol. The van der Waals surface area contributed by atoms with E-state index in [2.05, 4.69) is 10.3 Å². The number of aromatic nitrogens is 2. The van der Waals surface area contributed by atoms with E-state index in [4.69, 9.17) is 0 Å². The average Bonchev–Trinajstić information content (AvgIpc) is 2.68. The number of benzene rings is 1. The summed E-state index contributed by atoms with van der Waals surface area (Å²) >= 11 is 0. The Morgan fingerprint density at radius 1 is 1.31 bits per heavy atom. The molecular weight excluding hydrogens is 202 g/mol. The first kappa shape index (κ1) is 10.4. The molecule has 0 atom stereocenters. The summed E-state index contributed by atoms with van der Waals surface area (Å²) in [6.45, 7) is 2.00. The number of nitrogens with zero attached hydrogens (tertiary/aromatic N) is 2. The van der Waals surface area contributed by atoms with Gasteiger partial charge in [0.05, 0.1) is 0 Å². The second-order valence-corrected chi connectivity index (χ2v) is 3.68. The third kappa shape index (κ3) is 2.11. The zero-order valence-electron chi connectivity index (χ0n) is 9.27. The van der Waals surface area contributed by atoms with Crippen molar-refractivity contribution < 1.29 is 4.79 Å². The Bertz CT molecular complexity index is 499. The molecule has 4 heteroatoms. The summed E-state index contributed by atoms with van der Waals surface area (Å²) in [5.74, 6) is 0.205. The predicted octanol–water partition coefficient (Wildman–Crippen LogP) is 1.98. The van der Waals surface area contributed by atoms with E-state index in [-0.39, 0.29) is 5.91 Å².